The van der Waals surface area contributed by atoms with Gasteiger partial charge in [0.1, 0.15) is 0 Å². The van der Waals surface area contributed by atoms with Gasteiger partial charge in [0.15, 0.2) is 0 Å². The Balaban J connectivity index is 1.89. The molecule has 0 atom stereocenters. The second kappa shape index (κ2) is 7.03. The molecule has 23 heavy (non-hydrogen) atoms. The van der Waals surface area contributed by atoms with Crippen LogP contribution in [0.5, 0.6) is 0 Å². The smallest absolute Gasteiger partial charge is 0.251 e. The molecule has 0 unspecified atom stereocenters. The number of carbonyl (C=O) groups excluding carboxylic acids is 2. The lowest BCUT2D eigenvalue weighted by Crippen LogP contribution is -2.32. The fourth-order valence-corrected chi connectivity index (χ4v) is 2.30. The third-order valence-corrected chi connectivity index (χ3v) is 3.84. The number of hydrogen-bond donors (Lipinski definition) is 3. The maximum Gasteiger partial charge on any atom is 0.251 e. The Hall–Kier alpha value is -2.71. The Bertz CT molecular complexity index is 802. The zero-order valence-electron chi connectivity index (χ0n) is 12.0. The second-order valence-corrected chi connectivity index (χ2v) is 6.23. The van der Waals surface area contributed by atoms with Crippen LogP contribution in [-0.4, -0.2) is 26.8 Å². The van der Waals surface area contributed by atoms with E-state index in [9.17, 15) is 18.0 Å². The Morgan fingerprint density at radius 3 is 2.13 bits per heavy atom. The Morgan fingerprint density at radius 1 is 0.957 bits per heavy atom. The van der Waals surface area contributed by atoms with Gasteiger partial charge >= 0.3 is 0 Å². The SMILES string of the molecule is NS(=O)(=O)c1ccc(NC(=O)CNC(=O)c2ccccc2)cc1. The van der Waals surface area contributed by atoms with Crippen LogP contribution in [-0.2, 0) is 14.8 Å². The van der Waals surface area contributed by atoms with Gasteiger partial charge in [0.2, 0.25) is 15.9 Å². The largest absolute Gasteiger partial charge is 0.343 e. The number of benzene rings is 2. The fraction of sp³-hybridized carbons (Fsp3) is 0.0667. The highest BCUT2D eigenvalue weighted by Gasteiger charge is 2.09. The molecule has 120 valence electrons. The van der Waals surface area contributed by atoms with E-state index in [-0.39, 0.29) is 17.3 Å². The summed E-state index contributed by atoms with van der Waals surface area (Å²) in [6.07, 6.45) is 0. The lowest BCUT2D eigenvalue weighted by molar-refractivity contribution is -0.115. The number of rotatable bonds is 5. The van der Waals surface area contributed by atoms with E-state index in [1.807, 2.05) is 0 Å². The standard InChI is InChI=1S/C15H15N3O4S/c16-23(21,22)13-8-6-12(7-9-13)18-14(19)10-17-15(20)11-4-2-1-3-5-11/h1-9H,10H2,(H,17,20)(H,18,19)(H2,16,21,22). The van der Waals surface area contributed by atoms with E-state index in [2.05, 4.69) is 10.6 Å². The van der Waals surface area contributed by atoms with Crippen molar-refractivity contribution >= 4 is 27.5 Å². The number of nitrogens with two attached hydrogens (primary N) is 1. The summed E-state index contributed by atoms with van der Waals surface area (Å²) in [6, 6.07) is 13.9. The number of anilines is 1. The molecular weight excluding hydrogens is 318 g/mol. The van der Waals surface area contributed by atoms with Crippen molar-refractivity contribution in [3.63, 3.8) is 0 Å². The van der Waals surface area contributed by atoms with Crippen molar-refractivity contribution in [3.05, 3.63) is 60.2 Å². The van der Waals surface area contributed by atoms with E-state index < -0.39 is 15.9 Å². The van der Waals surface area contributed by atoms with Crippen LogP contribution in [0.2, 0.25) is 0 Å². The number of amides is 2. The molecule has 2 rings (SSSR count). The third-order valence-electron chi connectivity index (χ3n) is 2.91. The van der Waals surface area contributed by atoms with Crippen molar-refractivity contribution in [2.75, 3.05) is 11.9 Å². The summed E-state index contributed by atoms with van der Waals surface area (Å²) in [5, 5.41) is 10.0. The molecule has 0 fully saturated rings. The lowest BCUT2D eigenvalue weighted by atomic mass is 10.2. The molecule has 2 aromatic rings. The van der Waals surface area contributed by atoms with Crippen molar-refractivity contribution < 1.29 is 18.0 Å². The van der Waals surface area contributed by atoms with Gasteiger partial charge in [0.25, 0.3) is 5.91 Å². The molecule has 2 amide bonds. The van der Waals surface area contributed by atoms with Gasteiger partial charge in [-0.25, -0.2) is 13.6 Å². The molecule has 0 radical (unpaired) electrons. The van der Waals surface area contributed by atoms with Gasteiger partial charge < -0.3 is 10.6 Å². The summed E-state index contributed by atoms with van der Waals surface area (Å²) in [5.41, 5.74) is 0.856. The minimum Gasteiger partial charge on any atom is -0.343 e. The van der Waals surface area contributed by atoms with Gasteiger partial charge in [-0.2, -0.15) is 0 Å². The molecule has 0 spiro atoms. The highest BCUT2D eigenvalue weighted by atomic mass is 32.2. The van der Waals surface area contributed by atoms with Crippen molar-refractivity contribution in [2.24, 2.45) is 5.14 Å². The van der Waals surface area contributed by atoms with Crippen LogP contribution in [0, 0.1) is 0 Å². The summed E-state index contributed by atoms with van der Waals surface area (Å²) in [4.78, 5) is 23.5. The summed E-state index contributed by atoms with van der Waals surface area (Å²) in [7, 11) is -3.77. The molecule has 2 aromatic carbocycles. The third kappa shape index (κ3) is 4.90. The highest BCUT2D eigenvalue weighted by molar-refractivity contribution is 7.89. The summed E-state index contributed by atoms with van der Waals surface area (Å²) in [6.45, 7) is -0.204. The first-order valence-electron chi connectivity index (χ1n) is 6.62. The van der Waals surface area contributed by atoms with Gasteiger partial charge in [-0.1, -0.05) is 18.2 Å². The quantitative estimate of drug-likeness (QED) is 0.746. The molecule has 0 saturated carbocycles. The zero-order chi connectivity index (χ0) is 16.9. The molecule has 4 N–H and O–H groups in total. The number of nitrogens with one attached hydrogen (secondary N) is 2. The maximum atomic E-state index is 11.8. The van der Waals surface area contributed by atoms with Crippen LogP contribution in [0.25, 0.3) is 0 Å². The molecule has 0 aliphatic heterocycles. The van der Waals surface area contributed by atoms with E-state index in [1.54, 1.807) is 30.3 Å². The predicted molar refractivity (Wildman–Crippen MR) is 85.2 cm³/mol. The van der Waals surface area contributed by atoms with Crippen LogP contribution < -0.4 is 15.8 Å². The molecule has 7 nitrogen and oxygen atoms in total. The Kier molecular flexibility index (Phi) is 5.09. The highest BCUT2D eigenvalue weighted by Crippen LogP contribution is 2.12. The van der Waals surface area contributed by atoms with Crippen LogP contribution in [0.1, 0.15) is 10.4 Å². The van der Waals surface area contributed by atoms with Crippen LogP contribution >= 0.6 is 0 Å². The average Bonchev–Trinajstić information content (AvgIpc) is 2.53. The number of primary sulfonamides is 1. The van der Waals surface area contributed by atoms with E-state index in [0.29, 0.717) is 11.3 Å². The van der Waals surface area contributed by atoms with Crippen LogP contribution in [0.4, 0.5) is 5.69 Å². The van der Waals surface area contributed by atoms with Gasteiger partial charge in [-0.3, -0.25) is 9.59 Å². The minimum atomic E-state index is -3.77. The number of hydrogen-bond acceptors (Lipinski definition) is 4. The molecule has 0 saturated heterocycles. The molecule has 0 aliphatic carbocycles. The topological polar surface area (TPSA) is 118 Å². The molecular formula is C15H15N3O4S. The summed E-state index contributed by atoms with van der Waals surface area (Å²) >= 11 is 0. The monoisotopic (exact) mass is 333 g/mol. The Morgan fingerprint density at radius 2 is 1.57 bits per heavy atom. The Labute approximate surface area is 133 Å². The van der Waals surface area contributed by atoms with Crippen molar-refractivity contribution in [1.82, 2.24) is 5.32 Å². The number of sulfonamides is 1. The van der Waals surface area contributed by atoms with Gasteiger partial charge in [0, 0.05) is 11.3 Å². The number of carbonyl (C=O) groups is 2. The molecule has 0 heterocycles. The van der Waals surface area contributed by atoms with E-state index in [4.69, 9.17) is 5.14 Å². The van der Waals surface area contributed by atoms with E-state index >= 15 is 0 Å². The molecule has 0 aliphatic rings. The van der Waals surface area contributed by atoms with Gasteiger partial charge in [-0.15, -0.1) is 0 Å². The normalized spacial score (nSPS) is 10.8. The lowest BCUT2D eigenvalue weighted by Gasteiger charge is -2.07. The van der Waals surface area contributed by atoms with Crippen molar-refractivity contribution in [1.29, 1.82) is 0 Å². The first-order valence-corrected chi connectivity index (χ1v) is 8.17. The predicted octanol–water partition coefficient (Wildman–Crippen LogP) is 0.702. The average molecular weight is 333 g/mol. The second-order valence-electron chi connectivity index (χ2n) is 4.67. The van der Waals surface area contributed by atoms with Gasteiger partial charge in [-0.05, 0) is 36.4 Å². The summed E-state index contributed by atoms with van der Waals surface area (Å²) in [5.74, 6) is -0.789. The minimum absolute atomic E-state index is 0.0483. The molecule has 8 heteroatoms. The van der Waals surface area contributed by atoms with Gasteiger partial charge in [0.05, 0.1) is 11.4 Å². The maximum absolute atomic E-state index is 11.8. The zero-order valence-corrected chi connectivity index (χ0v) is 12.8. The first kappa shape index (κ1) is 16.7. The van der Waals surface area contributed by atoms with Crippen LogP contribution in [0.15, 0.2) is 59.5 Å². The summed E-state index contributed by atoms with van der Waals surface area (Å²) < 4.78 is 22.2. The van der Waals surface area contributed by atoms with Crippen molar-refractivity contribution in [3.8, 4) is 0 Å². The van der Waals surface area contributed by atoms with E-state index in [1.165, 1.54) is 24.3 Å². The molecule has 0 bridgehead atoms. The fourth-order valence-electron chi connectivity index (χ4n) is 1.79. The van der Waals surface area contributed by atoms with E-state index in [0.717, 1.165) is 0 Å². The van der Waals surface area contributed by atoms with Crippen molar-refractivity contribution in [2.45, 2.75) is 4.90 Å². The first-order chi connectivity index (χ1) is 10.9. The van der Waals surface area contributed by atoms with Crippen LogP contribution in [0.3, 0.4) is 0 Å². The molecule has 0 aromatic heterocycles.